The third-order valence-electron chi connectivity index (χ3n) is 4.25. The summed E-state index contributed by atoms with van der Waals surface area (Å²) in [5.41, 5.74) is 6.71. The van der Waals surface area contributed by atoms with Crippen LogP contribution in [0.3, 0.4) is 0 Å². The van der Waals surface area contributed by atoms with Crippen LogP contribution < -0.4 is 11.1 Å². The van der Waals surface area contributed by atoms with Gasteiger partial charge in [0.1, 0.15) is 16.5 Å². The lowest BCUT2D eigenvalue weighted by Gasteiger charge is -2.15. The zero-order valence-electron chi connectivity index (χ0n) is 13.8. The molecule has 134 valence electrons. The van der Waals surface area contributed by atoms with Crippen molar-refractivity contribution >= 4 is 15.8 Å². The first-order valence-electron chi connectivity index (χ1n) is 8.18. The van der Waals surface area contributed by atoms with Gasteiger partial charge in [-0.2, -0.15) is 4.31 Å². The van der Waals surface area contributed by atoms with E-state index in [2.05, 4.69) is 10.3 Å². The number of aromatic nitrogens is 1. The summed E-state index contributed by atoms with van der Waals surface area (Å²) < 4.78 is 40.3. The highest BCUT2D eigenvalue weighted by molar-refractivity contribution is 7.89. The van der Waals surface area contributed by atoms with E-state index in [0.29, 0.717) is 31.0 Å². The molecule has 0 atom stereocenters. The molecule has 1 fully saturated rings. The highest BCUT2D eigenvalue weighted by Gasteiger charge is 2.27. The van der Waals surface area contributed by atoms with E-state index >= 15 is 0 Å². The van der Waals surface area contributed by atoms with E-state index < -0.39 is 10.0 Å². The molecule has 1 aliphatic rings. The van der Waals surface area contributed by atoms with Gasteiger partial charge in [0.05, 0.1) is 0 Å². The van der Waals surface area contributed by atoms with Crippen LogP contribution in [0.15, 0.2) is 41.4 Å². The van der Waals surface area contributed by atoms with E-state index in [1.165, 1.54) is 22.6 Å². The molecule has 0 aliphatic carbocycles. The number of rotatable bonds is 6. The molecule has 1 aromatic heterocycles. The third-order valence-corrected chi connectivity index (χ3v) is 6.13. The Labute approximate surface area is 146 Å². The molecule has 1 saturated heterocycles. The molecule has 8 heteroatoms. The molecule has 0 radical (unpaired) electrons. The highest BCUT2D eigenvalue weighted by atomic mass is 32.2. The zero-order chi connectivity index (χ0) is 17.9. The first-order chi connectivity index (χ1) is 12.0. The second kappa shape index (κ2) is 7.47. The Morgan fingerprint density at radius 1 is 1.20 bits per heavy atom. The summed E-state index contributed by atoms with van der Waals surface area (Å²) in [6.07, 6.45) is 3.12. The number of benzene rings is 1. The number of nitrogens with zero attached hydrogens (tertiary/aromatic N) is 2. The molecule has 0 amide bonds. The summed E-state index contributed by atoms with van der Waals surface area (Å²) in [6.45, 7) is 1.65. The second-order valence-electron chi connectivity index (χ2n) is 5.97. The lowest BCUT2D eigenvalue weighted by molar-refractivity contribution is 0.477. The van der Waals surface area contributed by atoms with Gasteiger partial charge < -0.3 is 11.1 Å². The van der Waals surface area contributed by atoms with Gasteiger partial charge in [0.25, 0.3) is 0 Å². The Hall–Kier alpha value is -2.03. The van der Waals surface area contributed by atoms with Gasteiger partial charge in [-0.3, -0.25) is 0 Å². The van der Waals surface area contributed by atoms with Crippen molar-refractivity contribution in [3.8, 4) is 0 Å². The average Bonchev–Trinajstić information content (AvgIpc) is 3.16. The van der Waals surface area contributed by atoms with Gasteiger partial charge >= 0.3 is 0 Å². The Kier molecular flexibility index (Phi) is 5.31. The fraction of sp³-hybridized carbons (Fsp3) is 0.353. The predicted octanol–water partition coefficient (Wildman–Crippen LogP) is 2.08. The van der Waals surface area contributed by atoms with Crippen LogP contribution in [-0.4, -0.2) is 30.8 Å². The molecule has 3 N–H and O–H groups in total. The molecule has 0 unspecified atom stereocenters. The Bertz CT molecular complexity index is 834. The minimum atomic E-state index is -3.47. The molecule has 0 spiro atoms. The number of pyridine rings is 1. The van der Waals surface area contributed by atoms with E-state index in [0.717, 1.165) is 18.4 Å². The predicted molar refractivity (Wildman–Crippen MR) is 93.8 cm³/mol. The number of nitrogens with two attached hydrogens (primary N) is 1. The minimum absolute atomic E-state index is 0.179. The van der Waals surface area contributed by atoms with Crippen molar-refractivity contribution in [3.63, 3.8) is 0 Å². The van der Waals surface area contributed by atoms with Crippen LogP contribution >= 0.6 is 0 Å². The normalized spacial score (nSPS) is 15.4. The van der Waals surface area contributed by atoms with Crippen molar-refractivity contribution in [1.82, 2.24) is 9.29 Å². The number of hydrogen-bond acceptors (Lipinski definition) is 5. The molecule has 2 heterocycles. The molecule has 1 aliphatic heterocycles. The molecule has 2 aromatic rings. The molecule has 0 saturated carbocycles. The maximum Gasteiger partial charge on any atom is 0.244 e. The van der Waals surface area contributed by atoms with Gasteiger partial charge in [0, 0.05) is 37.9 Å². The van der Waals surface area contributed by atoms with Crippen LogP contribution in [0.2, 0.25) is 0 Å². The third kappa shape index (κ3) is 3.97. The summed E-state index contributed by atoms with van der Waals surface area (Å²) in [4.78, 5) is 4.31. The molecular weight excluding hydrogens is 343 g/mol. The number of nitrogens with one attached hydrogen (secondary N) is 1. The van der Waals surface area contributed by atoms with Crippen molar-refractivity contribution in [1.29, 1.82) is 0 Å². The van der Waals surface area contributed by atoms with Crippen LogP contribution in [0, 0.1) is 5.82 Å². The number of anilines is 1. The van der Waals surface area contributed by atoms with Crippen LogP contribution in [-0.2, 0) is 23.1 Å². The van der Waals surface area contributed by atoms with E-state index in [1.54, 1.807) is 18.2 Å². The van der Waals surface area contributed by atoms with Crippen molar-refractivity contribution in [2.24, 2.45) is 5.73 Å². The van der Waals surface area contributed by atoms with Gasteiger partial charge in [-0.1, -0.05) is 12.1 Å². The molecule has 25 heavy (non-hydrogen) atoms. The van der Waals surface area contributed by atoms with Crippen LogP contribution in [0.5, 0.6) is 0 Å². The van der Waals surface area contributed by atoms with E-state index in [-0.39, 0.29) is 17.3 Å². The Morgan fingerprint density at radius 2 is 1.96 bits per heavy atom. The summed E-state index contributed by atoms with van der Waals surface area (Å²) >= 11 is 0. The van der Waals surface area contributed by atoms with Crippen molar-refractivity contribution in [3.05, 3.63) is 53.5 Å². The van der Waals surface area contributed by atoms with Crippen LogP contribution in [0.1, 0.15) is 24.0 Å². The fourth-order valence-electron chi connectivity index (χ4n) is 2.76. The Balaban J connectivity index is 1.67. The molecule has 0 bridgehead atoms. The van der Waals surface area contributed by atoms with Crippen molar-refractivity contribution < 1.29 is 12.8 Å². The second-order valence-corrected chi connectivity index (χ2v) is 7.91. The fourth-order valence-corrected chi connectivity index (χ4v) is 4.22. The van der Waals surface area contributed by atoms with Gasteiger partial charge in [0.15, 0.2) is 0 Å². The number of halogens is 1. The maximum absolute atomic E-state index is 13.9. The van der Waals surface area contributed by atoms with Gasteiger partial charge in [-0.15, -0.1) is 0 Å². The maximum atomic E-state index is 13.9. The largest absolute Gasteiger partial charge is 0.366 e. The SMILES string of the molecule is NCc1ccc(CNc2ccc(S(=O)(=O)N3CCCC3)cn2)c(F)c1. The van der Waals surface area contributed by atoms with Gasteiger partial charge in [-0.25, -0.2) is 17.8 Å². The lowest BCUT2D eigenvalue weighted by Crippen LogP contribution is -2.27. The quantitative estimate of drug-likeness (QED) is 0.819. The van der Waals surface area contributed by atoms with E-state index in [4.69, 9.17) is 5.73 Å². The minimum Gasteiger partial charge on any atom is -0.366 e. The highest BCUT2D eigenvalue weighted by Crippen LogP contribution is 2.21. The lowest BCUT2D eigenvalue weighted by atomic mass is 10.1. The van der Waals surface area contributed by atoms with Gasteiger partial charge in [-0.05, 0) is 36.6 Å². The van der Waals surface area contributed by atoms with Crippen molar-refractivity contribution in [2.45, 2.75) is 30.8 Å². The van der Waals surface area contributed by atoms with Gasteiger partial charge in [0.2, 0.25) is 10.0 Å². The molecule has 6 nitrogen and oxygen atoms in total. The first kappa shape index (κ1) is 17.8. The number of hydrogen-bond donors (Lipinski definition) is 2. The first-order valence-corrected chi connectivity index (χ1v) is 9.62. The molecule has 3 rings (SSSR count). The standard InChI is InChI=1S/C17H21FN4O2S/c18-16-9-13(10-19)3-4-14(16)11-20-17-6-5-15(12-21-17)25(23,24)22-7-1-2-8-22/h3-6,9,12H,1-2,7-8,10-11,19H2,(H,20,21). The van der Waals surface area contributed by atoms with E-state index in [9.17, 15) is 12.8 Å². The van der Waals surface area contributed by atoms with Crippen LogP contribution in [0.25, 0.3) is 0 Å². The zero-order valence-corrected chi connectivity index (χ0v) is 14.6. The molecule has 1 aromatic carbocycles. The summed E-state index contributed by atoms with van der Waals surface area (Å²) in [5, 5.41) is 3.00. The molecular formula is C17H21FN4O2S. The smallest absolute Gasteiger partial charge is 0.244 e. The average molecular weight is 364 g/mol. The Morgan fingerprint density at radius 3 is 2.56 bits per heavy atom. The van der Waals surface area contributed by atoms with Crippen LogP contribution in [0.4, 0.5) is 10.2 Å². The number of sulfonamides is 1. The summed E-state index contributed by atoms with van der Waals surface area (Å²) in [7, 11) is -3.47. The summed E-state index contributed by atoms with van der Waals surface area (Å²) in [5.74, 6) is 0.159. The van der Waals surface area contributed by atoms with Crippen molar-refractivity contribution in [2.75, 3.05) is 18.4 Å². The summed E-state index contributed by atoms with van der Waals surface area (Å²) in [6, 6.07) is 7.98. The van der Waals surface area contributed by atoms with E-state index in [1.807, 2.05) is 0 Å². The topological polar surface area (TPSA) is 88.3 Å². The monoisotopic (exact) mass is 364 g/mol.